The lowest BCUT2D eigenvalue weighted by atomic mass is 10.1. The largest absolute Gasteiger partial charge is 0.478 e. The van der Waals surface area contributed by atoms with Crippen molar-refractivity contribution in [3.8, 4) is 0 Å². The van der Waals surface area contributed by atoms with Crippen LogP contribution in [0.2, 0.25) is 0 Å². The van der Waals surface area contributed by atoms with Gasteiger partial charge in [-0.25, -0.2) is 13.2 Å². The third kappa shape index (κ3) is 3.54. The fourth-order valence-electron chi connectivity index (χ4n) is 1.93. The quantitative estimate of drug-likeness (QED) is 0.891. The van der Waals surface area contributed by atoms with Crippen LogP contribution in [0.5, 0.6) is 0 Å². The van der Waals surface area contributed by atoms with Crippen LogP contribution in [0.4, 0.5) is 18.9 Å². The number of sulfone groups is 1. The number of aromatic carboxylic acids is 1. The molecule has 2 N–H and O–H groups in total. The summed E-state index contributed by atoms with van der Waals surface area (Å²) < 4.78 is 60.9. The third-order valence-electron chi connectivity index (χ3n) is 2.84. The van der Waals surface area contributed by atoms with Gasteiger partial charge in [0.15, 0.2) is 9.84 Å². The van der Waals surface area contributed by atoms with Gasteiger partial charge in [-0.2, -0.15) is 13.2 Å². The molecule has 1 unspecified atom stereocenters. The van der Waals surface area contributed by atoms with Gasteiger partial charge >= 0.3 is 12.1 Å². The van der Waals surface area contributed by atoms with Gasteiger partial charge in [0, 0.05) is 11.1 Å². The smallest absolute Gasteiger partial charge is 0.417 e. The molecule has 1 aromatic carbocycles. The van der Waals surface area contributed by atoms with E-state index in [1.165, 1.54) is 6.08 Å². The number of rotatable bonds is 3. The van der Waals surface area contributed by atoms with Crippen molar-refractivity contribution in [2.75, 3.05) is 11.1 Å². The second-order valence-corrected chi connectivity index (χ2v) is 6.40. The lowest BCUT2D eigenvalue weighted by Gasteiger charge is -2.15. The van der Waals surface area contributed by atoms with E-state index in [1.54, 1.807) is 0 Å². The number of hydrogen-bond donors (Lipinski definition) is 2. The Morgan fingerprint density at radius 2 is 2.00 bits per heavy atom. The number of carboxylic acid groups (broad SMARTS) is 1. The van der Waals surface area contributed by atoms with Crippen LogP contribution in [-0.2, 0) is 16.0 Å². The van der Waals surface area contributed by atoms with Crippen LogP contribution in [0, 0.1) is 0 Å². The van der Waals surface area contributed by atoms with Gasteiger partial charge in [0.25, 0.3) is 0 Å². The minimum Gasteiger partial charge on any atom is -0.478 e. The van der Waals surface area contributed by atoms with Crippen LogP contribution >= 0.6 is 0 Å². The minimum absolute atomic E-state index is 0.000856. The summed E-state index contributed by atoms with van der Waals surface area (Å²) in [5.41, 5.74) is -2.15. The topological polar surface area (TPSA) is 83.5 Å². The molecule has 0 spiro atoms. The van der Waals surface area contributed by atoms with Gasteiger partial charge in [0.2, 0.25) is 0 Å². The van der Waals surface area contributed by atoms with Gasteiger partial charge in [-0.15, -0.1) is 0 Å². The van der Waals surface area contributed by atoms with Gasteiger partial charge in [-0.3, -0.25) is 0 Å². The first-order valence-electron chi connectivity index (χ1n) is 5.70. The summed E-state index contributed by atoms with van der Waals surface area (Å²) in [5.74, 6) is -1.94. The number of halogens is 3. The second-order valence-electron chi connectivity index (χ2n) is 4.47. The zero-order valence-electron chi connectivity index (χ0n) is 10.4. The molecule has 0 saturated heterocycles. The van der Waals surface area contributed by atoms with E-state index in [-0.39, 0.29) is 11.4 Å². The van der Waals surface area contributed by atoms with Crippen molar-refractivity contribution in [2.45, 2.75) is 12.2 Å². The normalized spacial score (nSPS) is 20.4. The molecule has 0 amide bonds. The molecule has 21 heavy (non-hydrogen) atoms. The van der Waals surface area contributed by atoms with Gasteiger partial charge in [0.05, 0.1) is 22.9 Å². The van der Waals surface area contributed by atoms with Gasteiger partial charge < -0.3 is 10.4 Å². The Balaban J connectivity index is 2.31. The Kier molecular flexibility index (Phi) is 3.70. The van der Waals surface area contributed by atoms with Crippen molar-refractivity contribution >= 4 is 21.5 Å². The number of anilines is 1. The van der Waals surface area contributed by atoms with Crippen LogP contribution in [0.25, 0.3) is 0 Å². The molecule has 0 aromatic heterocycles. The predicted octanol–water partition coefficient (Wildman–Crippen LogP) is 2.13. The van der Waals surface area contributed by atoms with Crippen molar-refractivity contribution < 1.29 is 31.5 Å². The molecular weight excluding hydrogens is 311 g/mol. The van der Waals surface area contributed by atoms with E-state index in [2.05, 4.69) is 5.32 Å². The fourth-order valence-corrected chi connectivity index (χ4v) is 3.17. The molecular formula is C12H10F3NO4S. The zero-order chi connectivity index (χ0) is 15.8. The number of carboxylic acids is 1. The lowest BCUT2D eigenvalue weighted by Crippen LogP contribution is -2.21. The Morgan fingerprint density at radius 3 is 2.48 bits per heavy atom. The molecule has 1 aliphatic heterocycles. The molecule has 5 nitrogen and oxygen atoms in total. The average molecular weight is 321 g/mol. The number of nitrogens with one attached hydrogen (secondary N) is 1. The highest BCUT2D eigenvalue weighted by Crippen LogP contribution is 2.34. The molecule has 1 aliphatic rings. The first kappa shape index (κ1) is 15.4. The maximum Gasteiger partial charge on any atom is 0.417 e. The van der Waals surface area contributed by atoms with Crippen LogP contribution in [0.3, 0.4) is 0 Å². The first-order chi connectivity index (χ1) is 9.58. The molecule has 1 atom stereocenters. The lowest BCUT2D eigenvalue weighted by molar-refractivity contribution is -0.138. The summed E-state index contributed by atoms with van der Waals surface area (Å²) in [4.78, 5) is 10.8. The van der Waals surface area contributed by atoms with E-state index in [0.29, 0.717) is 6.07 Å². The SMILES string of the molecule is O=C(O)c1ccc(NC2C=CS(=O)(=O)C2)cc1C(F)(F)F. The molecule has 0 saturated carbocycles. The zero-order valence-corrected chi connectivity index (χ0v) is 11.2. The highest BCUT2D eigenvalue weighted by molar-refractivity contribution is 7.94. The second kappa shape index (κ2) is 5.06. The maximum absolute atomic E-state index is 12.8. The van der Waals surface area contributed by atoms with Crippen molar-refractivity contribution in [1.29, 1.82) is 0 Å². The van der Waals surface area contributed by atoms with Crippen LogP contribution in [-0.4, -0.2) is 31.3 Å². The monoisotopic (exact) mass is 321 g/mol. The van der Waals surface area contributed by atoms with Crippen molar-refractivity contribution in [3.63, 3.8) is 0 Å². The summed E-state index contributed by atoms with van der Waals surface area (Å²) >= 11 is 0. The minimum atomic E-state index is -4.82. The molecule has 1 heterocycles. The number of carbonyl (C=O) groups is 1. The molecule has 0 aliphatic carbocycles. The number of alkyl halides is 3. The Hall–Kier alpha value is -2.03. The highest BCUT2D eigenvalue weighted by Gasteiger charge is 2.35. The highest BCUT2D eigenvalue weighted by atomic mass is 32.2. The number of hydrogen-bond acceptors (Lipinski definition) is 4. The summed E-state index contributed by atoms with van der Waals surface area (Å²) in [6.45, 7) is 0. The van der Waals surface area contributed by atoms with E-state index in [0.717, 1.165) is 17.5 Å². The number of benzene rings is 1. The van der Waals surface area contributed by atoms with E-state index >= 15 is 0 Å². The molecule has 0 fully saturated rings. The molecule has 1 aromatic rings. The van der Waals surface area contributed by atoms with E-state index in [1.807, 2.05) is 0 Å². The summed E-state index contributed by atoms with van der Waals surface area (Å²) in [6, 6.07) is 2.01. The van der Waals surface area contributed by atoms with E-state index in [9.17, 15) is 26.4 Å². The molecule has 2 rings (SSSR count). The Labute approximate surface area is 118 Å². The summed E-state index contributed by atoms with van der Waals surface area (Å²) in [6.07, 6.45) is -3.49. The maximum atomic E-state index is 12.8. The van der Waals surface area contributed by atoms with Crippen molar-refractivity contribution in [3.05, 3.63) is 40.8 Å². The van der Waals surface area contributed by atoms with Crippen molar-refractivity contribution in [2.24, 2.45) is 0 Å². The summed E-state index contributed by atoms with van der Waals surface area (Å²) in [5, 5.41) is 12.4. The van der Waals surface area contributed by atoms with Crippen molar-refractivity contribution in [1.82, 2.24) is 0 Å². The third-order valence-corrected chi connectivity index (χ3v) is 4.23. The van der Waals surface area contributed by atoms with Crippen LogP contribution in [0.1, 0.15) is 15.9 Å². The summed E-state index contributed by atoms with van der Waals surface area (Å²) in [7, 11) is -3.34. The average Bonchev–Trinajstić information content (AvgIpc) is 2.67. The van der Waals surface area contributed by atoms with E-state index in [4.69, 9.17) is 5.11 Å². The fraction of sp³-hybridized carbons (Fsp3) is 0.250. The van der Waals surface area contributed by atoms with E-state index < -0.39 is 39.2 Å². The first-order valence-corrected chi connectivity index (χ1v) is 7.42. The molecule has 0 radical (unpaired) electrons. The Bertz CT molecular complexity index is 710. The standard InChI is InChI=1S/C12H10F3NO4S/c13-12(14,15)10-5-7(1-2-9(10)11(17)18)16-8-3-4-21(19,20)6-8/h1-5,8,16H,6H2,(H,17,18). The van der Waals surface area contributed by atoms with Crippen LogP contribution in [0.15, 0.2) is 29.7 Å². The van der Waals surface area contributed by atoms with Crippen LogP contribution < -0.4 is 5.32 Å². The van der Waals surface area contributed by atoms with Gasteiger partial charge in [0.1, 0.15) is 0 Å². The molecule has 0 bridgehead atoms. The van der Waals surface area contributed by atoms with Gasteiger partial charge in [-0.05, 0) is 18.2 Å². The molecule has 9 heteroatoms. The van der Waals surface area contributed by atoms with Gasteiger partial charge in [-0.1, -0.05) is 6.08 Å². The molecule has 114 valence electrons. The Morgan fingerprint density at radius 1 is 1.33 bits per heavy atom. The predicted molar refractivity (Wildman–Crippen MR) is 68.7 cm³/mol.